The van der Waals surface area contributed by atoms with Crippen molar-refractivity contribution in [3.8, 4) is 22.6 Å². The van der Waals surface area contributed by atoms with Gasteiger partial charge in [0.05, 0.1) is 25.3 Å². The summed E-state index contributed by atoms with van der Waals surface area (Å²) in [6.07, 6.45) is 8.86. The number of ether oxygens (including phenoxy) is 2. The summed E-state index contributed by atoms with van der Waals surface area (Å²) in [5.41, 5.74) is 4.38. The Morgan fingerprint density at radius 1 is 0.889 bits per heavy atom. The van der Waals surface area contributed by atoms with Gasteiger partial charge in [0.25, 0.3) is 5.91 Å². The zero-order valence-corrected chi connectivity index (χ0v) is 20.5. The van der Waals surface area contributed by atoms with E-state index in [4.69, 9.17) is 9.47 Å². The molecule has 184 valence electrons. The van der Waals surface area contributed by atoms with Crippen molar-refractivity contribution in [3.63, 3.8) is 0 Å². The topological polar surface area (TPSA) is 89.5 Å². The molecule has 0 saturated carbocycles. The summed E-state index contributed by atoms with van der Waals surface area (Å²) in [4.78, 5) is 29.2. The highest BCUT2D eigenvalue weighted by Crippen LogP contribution is 2.34. The Bertz CT molecular complexity index is 1350. The lowest BCUT2D eigenvalue weighted by molar-refractivity contribution is 0.102. The highest BCUT2D eigenvalue weighted by molar-refractivity contribution is 6.13. The van der Waals surface area contributed by atoms with Crippen LogP contribution in [0.1, 0.15) is 35.2 Å². The number of piperidine rings is 1. The van der Waals surface area contributed by atoms with E-state index in [-0.39, 0.29) is 5.91 Å². The SMILES string of the molecule is COc1cc(OC)cc(-c2ccc(C(=O)Nc3ccc(CN4CCCCC4)cn3)c3nccnc23)c1. The number of fused-ring (bicyclic) bond motifs is 1. The number of hydrogen-bond donors (Lipinski definition) is 1. The minimum absolute atomic E-state index is 0.286. The number of aromatic nitrogens is 3. The van der Waals surface area contributed by atoms with E-state index in [1.807, 2.05) is 42.6 Å². The maximum absolute atomic E-state index is 13.2. The Morgan fingerprint density at radius 2 is 1.61 bits per heavy atom. The standard InChI is InChI=1S/C28H29N5O3/c1-35-21-14-20(15-22(16-21)36-2)23-7-8-24(27-26(23)29-10-11-30-27)28(34)32-25-9-6-19(17-31-25)18-33-12-4-3-5-13-33/h6-11,14-17H,3-5,12-13,18H2,1-2H3,(H,31,32,34). The summed E-state index contributed by atoms with van der Waals surface area (Å²) in [5, 5.41) is 2.91. The minimum Gasteiger partial charge on any atom is -0.497 e. The Hall–Kier alpha value is -4.04. The predicted molar refractivity (Wildman–Crippen MR) is 139 cm³/mol. The van der Waals surface area contributed by atoms with Crippen molar-refractivity contribution in [3.05, 3.63) is 72.2 Å². The molecule has 1 fully saturated rings. The average Bonchev–Trinajstić information content (AvgIpc) is 2.93. The highest BCUT2D eigenvalue weighted by atomic mass is 16.5. The number of rotatable bonds is 7. The van der Waals surface area contributed by atoms with Gasteiger partial charge in [0.15, 0.2) is 0 Å². The molecule has 1 aliphatic rings. The average molecular weight is 484 g/mol. The van der Waals surface area contributed by atoms with Gasteiger partial charge in [0.1, 0.15) is 22.8 Å². The Morgan fingerprint density at radius 3 is 2.28 bits per heavy atom. The van der Waals surface area contributed by atoms with Gasteiger partial charge in [0, 0.05) is 36.8 Å². The van der Waals surface area contributed by atoms with E-state index in [1.165, 1.54) is 19.3 Å². The normalized spacial score (nSPS) is 13.9. The highest BCUT2D eigenvalue weighted by Gasteiger charge is 2.17. The second-order valence-electron chi connectivity index (χ2n) is 8.86. The second-order valence-corrected chi connectivity index (χ2v) is 8.86. The van der Waals surface area contributed by atoms with Crippen LogP contribution < -0.4 is 14.8 Å². The molecule has 3 heterocycles. The van der Waals surface area contributed by atoms with Gasteiger partial charge in [-0.05, 0) is 61.3 Å². The van der Waals surface area contributed by atoms with Crippen LogP contribution in [-0.2, 0) is 6.54 Å². The lowest BCUT2D eigenvalue weighted by Crippen LogP contribution is -2.29. The maximum Gasteiger partial charge on any atom is 0.259 e. The van der Waals surface area contributed by atoms with Crippen LogP contribution >= 0.6 is 0 Å². The van der Waals surface area contributed by atoms with Gasteiger partial charge in [-0.1, -0.05) is 18.6 Å². The molecule has 5 rings (SSSR count). The largest absolute Gasteiger partial charge is 0.497 e. The first-order valence-electron chi connectivity index (χ1n) is 12.1. The van der Waals surface area contributed by atoms with Gasteiger partial charge in [-0.3, -0.25) is 19.7 Å². The van der Waals surface area contributed by atoms with E-state index in [0.717, 1.165) is 36.3 Å². The number of carbonyl (C=O) groups is 1. The second kappa shape index (κ2) is 10.7. The number of nitrogens with zero attached hydrogens (tertiary/aromatic N) is 4. The van der Waals surface area contributed by atoms with Crippen LogP contribution in [0, 0.1) is 0 Å². The quantitative estimate of drug-likeness (QED) is 0.398. The lowest BCUT2D eigenvalue weighted by atomic mass is 10.00. The molecule has 1 saturated heterocycles. The molecule has 4 aromatic rings. The number of nitrogens with one attached hydrogen (secondary N) is 1. The van der Waals surface area contributed by atoms with Gasteiger partial charge >= 0.3 is 0 Å². The first-order chi connectivity index (χ1) is 17.6. The van der Waals surface area contributed by atoms with Gasteiger partial charge in [-0.15, -0.1) is 0 Å². The fraction of sp³-hybridized carbons (Fsp3) is 0.286. The van der Waals surface area contributed by atoms with Crippen molar-refractivity contribution in [2.75, 3.05) is 32.6 Å². The Kier molecular flexibility index (Phi) is 7.04. The van der Waals surface area contributed by atoms with Gasteiger partial charge < -0.3 is 14.8 Å². The van der Waals surface area contributed by atoms with Crippen LogP contribution in [0.3, 0.4) is 0 Å². The molecular formula is C28H29N5O3. The molecule has 1 aliphatic heterocycles. The molecule has 0 atom stereocenters. The summed E-state index contributed by atoms with van der Waals surface area (Å²) < 4.78 is 10.8. The number of hydrogen-bond acceptors (Lipinski definition) is 7. The molecule has 1 amide bonds. The number of benzene rings is 2. The van der Waals surface area contributed by atoms with E-state index in [9.17, 15) is 4.79 Å². The zero-order valence-electron chi connectivity index (χ0n) is 20.5. The van der Waals surface area contributed by atoms with E-state index >= 15 is 0 Å². The number of anilines is 1. The Balaban J connectivity index is 1.39. The van der Waals surface area contributed by atoms with Crippen LogP contribution in [0.4, 0.5) is 5.82 Å². The number of likely N-dealkylation sites (tertiary alicyclic amines) is 1. The van der Waals surface area contributed by atoms with Crippen molar-refractivity contribution in [1.29, 1.82) is 0 Å². The maximum atomic E-state index is 13.2. The molecule has 8 nitrogen and oxygen atoms in total. The molecule has 0 aliphatic carbocycles. The molecule has 1 N–H and O–H groups in total. The van der Waals surface area contributed by atoms with E-state index in [0.29, 0.717) is 33.9 Å². The lowest BCUT2D eigenvalue weighted by Gasteiger charge is -2.26. The van der Waals surface area contributed by atoms with Crippen LogP contribution in [0.15, 0.2) is 61.1 Å². The van der Waals surface area contributed by atoms with Crippen LogP contribution in [-0.4, -0.2) is 53.1 Å². The monoisotopic (exact) mass is 483 g/mol. The molecule has 2 aromatic heterocycles. The molecular weight excluding hydrogens is 454 g/mol. The third-order valence-corrected chi connectivity index (χ3v) is 6.45. The van der Waals surface area contributed by atoms with Gasteiger partial charge in [-0.2, -0.15) is 0 Å². The molecule has 2 aromatic carbocycles. The van der Waals surface area contributed by atoms with Crippen molar-refractivity contribution in [2.45, 2.75) is 25.8 Å². The fourth-order valence-corrected chi connectivity index (χ4v) is 4.59. The number of carbonyl (C=O) groups excluding carboxylic acids is 1. The molecule has 0 unspecified atom stereocenters. The minimum atomic E-state index is -0.286. The number of pyridine rings is 1. The summed E-state index contributed by atoms with van der Waals surface area (Å²) >= 11 is 0. The summed E-state index contributed by atoms with van der Waals surface area (Å²) in [6, 6.07) is 13.1. The summed E-state index contributed by atoms with van der Waals surface area (Å²) in [7, 11) is 3.22. The van der Waals surface area contributed by atoms with Gasteiger partial charge in [-0.25, -0.2) is 4.98 Å². The molecule has 8 heteroatoms. The van der Waals surface area contributed by atoms with Crippen molar-refractivity contribution < 1.29 is 14.3 Å². The van der Waals surface area contributed by atoms with Crippen molar-refractivity contribution in [2.24, 2.45) is 0 Å². The van der Waals surface area contributed by atoms with E-state index < -0.39 is 0 Å². The summed E-state index contributed by atoms with van der Waals surface area (Å²) in [5.74, 6) is 1.55. The van der Waals surface area contributed by atoms with Crippen LogP contribution in [0.5, 0.6) is 11.5 Å². The predicted octanol–water partition coefficient (Wildman–Crippen LogP) is 4.95. The first kappa shape index (κ1) is 23.7. The molecule has 0 radical (unpaired) electrons. The zero-order chi connectivity index (χ0) is 24.9. The molecule has 0 bridgehead atoms. The van der Waals surface area contributed by atoms with Crippen molar-refractivity contribution >= 4 is 22.8 Å². The van der Waals surface area contributed by atoms with Crippen LogP contribution in [0.2, 0.25) is 0 Å². The van der Waals surface area contributed by atoms with E-state index in [1.54, 1.807) is 32.7 Å². The fourth-order valence-electron chi connectivity index (χ4n) is 4.59. The number of methoxy groups -OCH3 is 2. The molecule has 0 spiro atoms. The van der Waals surface area contributed by atoms with Crippen LogP contribution in [0.25, 0.3) is 22.2 Å². The van der Waals surface area contributed by atoms with Crippen molar-refractivity contribution in [1.82, 2.24) is 19.9 Å². The smallest absolute Gasteiger partial charge is 0.259 e. The number of amides is 1. The summed E-state index contributed by atoms with van der Waals surface area (Å²) in [6.45, 7) is 3.15. The van der Waals surface area contributed by atoms with E-state index in [2.05, 4.69) is 25.2 Å². The van der Waals surface area contributed by atoms with Gasteiger partial charge in [0.2, 0.25) is 0 Å². The third kappa shape index (κ3) is 5.13. The Labute approximate surface area is 210 Å². The molecule has 36 heavy (non-hydrogen) atoms. The third-order valence-electron chi connectivity index (χ3n) is 6.45. The first-order valence-corrected chi connectivity index (χ1v) is 12.1.